The van der Waals surface area contributed by atoms with Gasteiger partial charge in [0, 0.05) is 6.42 Å². The molecule has 1 heterocycles. The van der Waals surface area contributed by atoms with Crippen molar-refractivity contribution in [3.8, 4) is 0 Å². The number of sulfone groups is 1. The lowest BCUT2D eigenvalue weighted by Crippen LogP contribution is -2.21. The van der Waals surface area contributed by atoms with Crippen molar-refractivity contribution in [3.63, 3.8) is 0 Å². The third-order valence-corrected chi connectivity index (χ3v) is 7.49. The molecule has 2 aliphatic carbocycles. The third-order valence-electron chi connectivity index (χ3n) is 4.43. The Morgan fingerprint density at radius 1 is 1.24 bits per heavy atom. The Morgan fingerprint density at radius 3 is 2.79 bits per heavy atom. The van der Waals surface area contributed by atoms with Gasteiger partial charge in [0.25, 0.3) is 0 Å². The van der Waals surface area contributed by atoms with E-state index in [1.807, 2.05) is 42.5 Å². The molecule has 4 rings (SSSR count). The van der Waals surface area contributed by atoms with Crippen molar-refractivity contribution in [1.29, 1.82) is 0 Å². The predicted molar refractivity (Wildman–Crippen MR) is 111 cm³/mol. The van der Waals surface area contributed by atoms with E-state index in [0.717, 1.165) is 32.6 Å². The monoisotopic (exact) mass is 427 g/mol. The van der Waals surface area contributed by atoms with E-state index in [2.05, 4.69) is 4.98 Å². The van der Waals surface area contributed by atoms with Crippen LogP contribution in [0.4, 0.5) is 0 Å². The van der Waals surface area contributed by atoms with Gasteiger partial charge in [-0.2, -0.15) is 0 Å². The number of fused-ring (bicyclic) bond motifs is 2. The van der Waals surface area contributed by atoms with Crippen LogP contribution in [0.2, 0.25) is 0 Å². The zero-order valence-corrected chi connectivity index (χ0v) is 16.9. The second kappa shape index (κ2) is 7.81. The highest BCUT2D eigenvalue weighted by molar-refractivity contribution is 7.93. The van der Waals surface area contributed by atoms with Crippen LogP contribution in [0.5, 0.6) is 0 Å². The zero-order valence-electron chi connectivity index (χ0n) is 15.2. The lowest BCUT2D eigenvalue weighted by Gasteiger charge is -2.14. The first-order chi connectivity index (χ1) is 13.9. The average Bonchev–Trinajstić information content (AvgIpc) is 3.26. The van der Waals surface area contributed by atoms with Crippen molar-refractivity contribution in [2.75, 3.05) is 12.4 Å². The first-order valence-electron chi connectivity index (χ1n) is 8.84. The second-order valence-electron chi connectivity index (χ2n) is 6.52. The summed E-state index contributed by atoms with van der Waals surface area (Å²) in [5.74, 6) is -0.648. The Bertz CT molecular complexity index is 1280. The van der Waals surface area contributed by atoms with E-state index in [9.17, 15) is 13.2 Å². The fourth-order valence-corrected chi connectivity index (χ4v) is 5.55. The number of thiazole rings is 1. The van der Waals surface area contributed by atoms with E-state index in [1.165, 1.54) is 0 Å². The number of aliphatic carboxylic acids is 1. The summed E-state index contributed by atoms with van der Waals surface area (Å²) in [6.45, 7) is -0.413. The van der Waals surface area contributed by atoms with E-state index in [4.69, 9.17) is 9.84 Å². The molecule has 0 unspecified atom stereocenters. The minimum atomic E-state index is -3.54. The molecule has 1 aromatic heterocycles. The van der Waals surface area contributed by atoms with Crippen LogP contribution < -0.4 is 9.88 Å². The quantitative estimate of drug-likeness (QED) is 0.725. The van der Waals surface area contributed by atoms with Crippen LogP contribution in [0.3, 0.4) is 0 Å². The molecule has 0 radical (unpaired) electrons. The van der Waals surface area contributed by atoms with Crippen molar-refractivity contribution < 1.29 is 23.1 Å². The van der Waals surface area contributed by atoms with E-state index in [-0.39, 0.29) is 10.1 Å². The molecular weight excluding hydrogens is 410 g/mol. The summed E-state index contributed by atoms with van der Waals surface area (Å²) >= 11 is 1.15. The van der Waals surface area contributed by atoms with Crippen LogP contribution in [-0.4, -0.2) is 36.8 Å². The van der Waals surface area contributed by atoms with Gasteiger partial charge in [0.15, 0.2) is 6.61 Å². The van der Waals surface area contributed by atoms with Crippen molar-refractivity contribution in [3.05, 3.63) is 75.3 Å². The Morgan fingerprint density at radius 2 is 2.03 bits per heavy atom. The molecule has 0 fully saturated rings. The van der Waals surface area contributed by atoms with Gasteiger partial charge < -0.3 is 9.84 Å². The number of carboxylic acids is 1. The van der Waals surface area contributed by atoms with Gasteiger partial charge in [0.2, 0.25) is 14.2 Å². The number of carboxylic acid groups (broad SMARTS) is 1. The molecular formula is C21H17NO5S2. The summed E-state index contributed by atoms with van der Waals surface area (Å²) in [6.07, 6.45) is 9.27. The lowest BCUT2D eigenvalue weighted by molar-refractivity contribution is -0.140. The van der Waals surface area contributed by atoms with E-state index in [0.29, 0.717) is 17.5 Å². The summed E-state index contributed by atoms with van der Waals surface area (Å²) in [5, 5.41) is 9.40. The van der Waals surface area contributed by atoms with E-state index < -0.39 is 22.4 Å². The second-order valence-corrected chi connectivity index (χ2v) is 9.76. The van der Waals surface area contributed by atoms with Gasteiger partial charge in [-0.3, -0.25) is 0 Å². The molecule has 0 amide bonds. The van der Waals surface area contributed by atoms with Crippen LogP contribution in [0.1, 0.15) is 12.0 Å². The first-order valence-corrected chi connectivity index (χ1v) is 11.3. The van der Waals surface area contributed by atoms with E-state index >= 15 is 0 Å². The highest BCUT2D eigenvalue weighted by Gasteiger charge is 2.24. The van der Waals surface area contributed by atoms with Gasteiger partial charge in [0.1, 0.15) is 5.76 Å². The fraction of sp³-hybridized carbons (Fsp3) is 0.143. The van der Waals surface area contributed by atoms with Gasteiger partial charge in [-0.1, -0.05) is 48.6 Å². The number of allylic oxidation sites excluding steroid dienone is 4. The number of benzene rings is 1. The minimum Gasteiger partial charge on any atom is -0.486 e. The smallest absolute Gasteiger partial charge is 0.341 e. The van der Waals surface area contributed by atoms with Crippen LogP contribution in [0, 0.1) is 0 Å². The van der Waals surface area contributed by atoms with Crippen molar-refractivity contribution >= 4 is 44.9 Å². The fourth-order valence-electron chi connectivity index (χ4n) is 3.07. The zero-order chi connectivity index (χ0) is 20.4. The molecule has 0 bridgehead atoms. The molecule has 6 nitrogen and oxygen atoms in total. The number of rotatable bonds is 7. The molecule has 2 aliphatic rings. The topological polar surface area (TPSA) is 93.6 Å². The van der Waals surface area contributed by atoms with Gasteiger partial charge >= 0.3 is 5.97 Å². The molecule has 2 aromatic rings. The summed E-state index contributed by atoms with van der Waals surface area (Å²) in [7, 11) is -3.54. The van der Waals surface area contributed by atoms with Gasteiger partial charge in [-0.05, 0) is 28.9 Å². The van der Waals surface area contributed by atoms with Crippen molar-refractivity contribution in [1.82, 2.24) is 4.98 Å². The summed E-state index contributed by atoms with van der Waals surface area (Å²) in [4.78, 5) is 15.1. The number of hydrogen-bond acceptors (Lipinski definition) is 6. The maximum Gasteiger partial charge on any atom is 0.341 e. The third kappa shape index (κ3) is 4.23. The standard InChI is InChI=1S/C21H17NO5S2/c23-19(24)13-27-16-9-8-15-11-18-20(17(15)12-16)22-21(28-18)29(25,26)10-4-7-14-5-2-1-3-6-14/h1-9,11H,10,12-13H2,(H,23,24). The van der Waals surface area contributed by atoms with Crippen molar-refractivity contribution in [2.24, 2.45) is 0 Å². The number of carbonyl (C=O) groups is 1. The van der Waals surface area contributed by atoms with Crippen molar-refractivity contribution in [2.45, 2.75) is 10.8 Å². The summed E-state index contributed by atoms with van der Waals surface area (Å²) in [6, 6.07) is 9.50. The maximum atomic E-state index is 12.7. The molecule has 0 atom stereocenters. The average molecular weight is 428 g/mol. The molecule has 0 aliphatic heterocycles. The predicted octanol–water partition coefficient (Wildman–Crippen LogP) is 1.89. The molecule has 148 valence electrons. The molecule has 1 aromatic carbocycles. The molecule has 0 saturated heterocycles. The summed E-state index contributed by atoms with van der Waals surface area (Å²) < 4.78 is 31.5. The maximum absolute atomic E-state index is 12.7. The number of hydrogen-bond donors (Lipinski definition) is 1. The van der Waals surface area contributed by atoms with Crippen LogP contribution in [-0.2, 0) is 19.4 Å². The SMILES string of the molecule is O=C(O)COC1=CC=C2C=c3sc(S(=O)(=O)CC=Cc4ccccc4)nc3=C2C1. The molecule has 8 heteroatoms. The van der Waals surface area contributed by atoms with Gasteiger partial charge in [0.05, 0.1) is 15.6 Å². The molecule has 0 spiro atoms. The minimum absolute atomic E-state index is 0.0885. The Hall–Kier alpha value is -2.97. The normalized spacial score (nSPS) is 15.4. The van der Waals surface area contributed by atoms with Crippen LogP contribution >= 0.6 is 11.3 Å². The molecule has 0 saturated carbocycles. The summed E-state index contributed by atoms with van der Waals surface area (Å²) in [5.41, 5.74) is 2.75. The number of nitrogens with zero attached hydrogens (tertiary/aromatic N) is 1. The first kappa shape index (κ1) is 19.4. The molecule has 29 heavy (non-hydrogen) atoms. The van der Waals surface area contributed by atoms with E-state index in [1.54, 1.807) is 18.2 Å². The van der Waals surface area contributed by atoms with Crippen LogP contribution in [0.25, 0.3) is 17.7 Å². The Labute approximate surface area is 171 Å². The Balaban J connectivity index is 1.55. The largest absolute Gasteiger partial charge is 0.486 e. The van der Waals surface area contributed by atoms with Gasteiger partial charge in [-0.15, -0.1) is 11.3 Å². The van der Waals surface area contributed by atoms with Gasteiger partial charge in [-0.25, -0.2) is 18.2 Å². The highest BCUT2D eigenvalue weighted by atomic mass is 32.2. The molecule has 1 N–H and O–H groups in total. The highest BCUT2D eigenvalue weighted by Crippen LogP contribution is 2.28. The Kier molecular flexibility index (Phi) is 5.21. The number of ether oxygens (including phenoxy) is 1. The van der Waals surface area contributed by atoms with Crippen LogP contribution in [0.15, 0.2) is 64.2 Å². The number of aromatic nitrogens is 1. The lowest BCUT2D eigenvalue weighted by atomic mass is 10.00.